The molecule has 1 fully saturated rings. The minimum Gasteiger partial charge on any atom is -0.463 e. The third-order valence-corrected chi connectivity index (χ3v) is 2.97. The SMILES string of the molecule is CCOC(=O)/C=C/[C@H]1CCCC[C@@H]1CO. The molecule has 0 aromatic carbocycles. The Kier molecular flexibility index (Phi) is 5.40. The molecule has 1 saturated carbocycles. The number of carbonyl (C=O) groups excluding carboxylic acids is 1. The first-order valence-corrected chi connectivity index (χ1v) is 5.73. The first-order valence-electron chi connectivity index (χ1n) is 5.73. The summed E-state index contributed by atoms with van der Waals surface area (Å²) in [5.41, 5.74) is 0. The number of hydrogen-bond acceptors (Lipinski definition) is 3. The summed E-state index contributed by atoms with van der Waals surface area (Å²) in [6.45, 7) is 2.43. The fourth-order valence-electron chi connectivity index (χ4n) is 2.11. The first-order chi connectivity index (χ1) is 7.27. The summed E-state index contributed by atoms with van der Waals surface area (Å²) >= 11 is 0. The van der Waals surface area contributed by atoms with E-state index in [0.29, 0.717) is 18.4 Å². The van der Waals surface area contributed by atoms with E-state index >= 15 is 0 Å². The van der Waals surface area contributed by atoms with Crippen LogP contribution in [0, 0.1) is 11.8 Å². The second kappa shape index (κ2) is 6.62. The van der Waals surface area contributed by atoms with Crippen LogP contribution in [0.2, 0.25) is 0 Å². The molecule has 0 heterocycles. The van der Waals surface area contributed by atoms with Crippen molar-refractivity contribution in [3.63, 3.8) is 0 Å². The van der Waals surface area contributed by atoms with Crippen molar-refractivity contribution in [2.24, 2.45) is 11.8 Å². The van der Waals surface area contributed by atoms with E-state index in [1.807, 2.05) is 6.08 Å². The quantitative estimate of drug-likeness (QED) is 0.572. The molecule has 2 atom stereocenters. The summed E-state index contributed by atoms with van der Waals surface area (Å²) < 4.78 is 4.81. The number of ether oxygens (including phenoxy) is 1. The van der Waals surface area contributed by atoms with E-state index in [2.05, 4.69) is 0 Å². The van der Waals surface area contributed by atoms with Gasteiger partial charge in [0.15, 0.2) is 0 Å². The second-order valence-electron chi connectivity index (χ2n) is 4.00. The van der Waals surface area contributed by atoms with Crippen LogP contribution in [0.1, 0.15) is 32.6 Å². The van der Waals surface area contributed by atoms with Crippen LogP contribution < -0.4 is 0 Å². The molecule has 0 spiro atoms. The summed E-state index contributed by atoms with van der Waals surface area (Å²) in [5.74, 6) is 0.386. The van der Waals surface area contributed by atoms with E-state index in [-0.39, 0.29) is 12.6 Å². The Bertz CT molecular complexity index is 223. The van der Waals surface area contributed by atoms with Crippen molar-refractivity contribution in [1.29, 1.82) is 0 Å². The highest BCUT2D eigenvalue weighted by Gasteiger charge is 2.22. The molecule has 86 valence electrons. The molecule has 3 nitrogen and oxygen atoms in total. The summed E-state index contributed by atoms with van der Waals surface area (Å²) in [7, 11) is 0. The van der Waals surface area contributed by atoms with Gasteiger partial charge in [-0.15, -0.1) is 0 Å². The number of hydrogen-bond donors (Lipinski definition) is 1. The number of esters is 1. The molecule has 0 aromatic heterocycles. The largest absolute Gasteiger partial charge is 0.463 e. The number of aliphatic hydroxyl groups excluding tert-OH is 1. The van der Waals surface area contributed by atoms with Gasteiger partial charge in [-0.2, -0.15) is 0 Å². The van der Waals surface area contributed by atoms with Gasteiger partial charge in [-0.25, -0.2) is 4.79 Å². The third-order valence-electron chi connectivity index (χ3n) is 2.97. The Morgan fingerprint density at radius 1 is 1.47 bits per heavy atom. The Balaban J connectivity index is 2.43. The van der Waals surface area contributed by atoms with Gasteiger partial charge in [0.1, 0.15) is 0 Å². The molecule has 15 heavy (non-hydrogen) atoms. The van der Waals surface area contributed by atoms with Gasteiger partial charge in [0.2, 0.25) is 0 Å². The highest BCUT2D eigenvalue weighted by atomic mass is 16.5. The molecule has 0 aromatic rings. The predicted octanol–water partition coefficient (Wildman–Crippen LogP) is 1.90. The normalized spacial score (nSPS) is 26.8. The average Bonchev–Trinajstić information content (AvgIpc) is 2.27. The lowest BCUT2D eigenvalue weighted by molar-refractivity contribution is -0.137. The molecule has 0 unspecified atom stereocenters. The Hall–Kier alpha value is -0.830. The fourth-order valence-corrected chi connectivity index (χ4v) is 2.11. The van der Waals surface area contributed by atoms with E-state index in [9.17, 15) is 9.90 Å². The zero-order chi connectivity index (χ0) is 11.1. The van der Waals surface area contributed by atoms with Gasteiger partial charge in [-0.1, -0.05) is 18.9 Å². The van der Waals surface area contributed by atoms with Gasteiger partial charge < -0.3 is 9.84 Å². The van der Waals surface area contributed by atoms with E-state index in [1.165, 1.54) is 18.9 Å². The van der Waals surface area contributed by atoms with Crippen molar-refractivity contribution in [2.45, 2.75) is 32.6 Å². The van der Waals surface area contributed by atoms with Gasteiger partial charge in [-0.3, -0.25) is 0 Å². The molecular formula is C12H20O3. The van der Waals surface area contributed by atoms with E-state index < -0.39 is 0 Å². The van der Waals surface area contributed by atoms with Crippen LogP contribution in [0.3, 0.4) is 0 Å². The lowest BCUT2D eigenvalue weighted by Gasteiger charge is -2.27. The molecule has 3 heteroatoms. The Morgan fingerprint density at radius 2 is 2.20 bits per heavy atom. The Morgan fingerprint density at radius 3 is 2.87 bits per heavy atom. The summed E-state index contributed by atoms with van der Waals surface area (Å²) in [4.78, 5) is 11.1. The van der Waals surface area contributed by atoms with E-state index in [0.717, 1.165) is 12.8 Å². The van der Waals surface area contributed by atoms with Gasteiger partial charge in [0, 0.05) is 12.7 Å². The maximum absolute atomic E-state index is 11.1. The smallest absolute Gasteiger partial charge is 0.330 e. The number of rotatable bonds is 4. The monoisotopic (exact) mass is 212 g/mol. The fraction of sp³-hybridized carbons (Fsp3) is 0.750. The third kappa shape index (κ3) is 4.04. The molecule has 1 N–H and O–H groups in total. The van der Waals surface area contributed by atoms with Crippen LogP contribution in [-0.2, 0) is 9.53 Å². The molecule has 1 aliphatic rings. The van der Waals surface area contributed by atoms with Gasteiger partial charge in [0.25, 0.3) is 0 Å². The van der Waals surface area contributed by atoms with Crippen LogP contribution in [0.25, 0.3) is 0 Å². The standard InChI is InChI=1S/C12H20O3/c1-2-15-12(14)8-7-10-5-3-4-6-11(10)9-13/h7-8,10-11,13H,2-6,9H2,1H3/b8-7+/t10-,11-/m1/s1. The zero-order valence-corrected chi connectivity index (χ0v) is 9.32. The van der Waals surface area contributed by atoms with Crippen LogP contribution in [0.15, 0.2) is 12.2 Å². The van der Waals surface area contributed by atoms with Crippen molar-refractivity contribution in [1.82, 2.24) is 0 Å². The van der Waals surface area contributed by atoms with Crippen LogP contribution in [-0.4, -0.2) is 24.3 Å². The molecule has 0 saturated heterocycles. The second-order valence-corrected chi connectivity index (χ2v) is 4.00. The molecule has 0 bridgehead atoms. The van der Waals surface area contributed by atoms with Crippen molar-refractivity contribution >= 4 is 5.97 Å². The average molecular weight is 212 g/mol. The minimum atomic E-state index is -0.278. The van der Waals surface area contributed by atoms with Gasteiger partial charge in [0.05, 0.1) is 6.61 Å². The van der Waals surface area contributed by atoms with Crippen molar-refractivity contribution in [2.75, 3.05) is 13.2 Å². The highest BCUT2D eigenvalue weighted by molar-refractivity contribution is 5.81. The molecule has 0 radical (unpaired) electrons. The topological polar surface area (TPSA) is 46.5 Å². The lowest BCUT2D eigenvalue weighted by atomic mass is 9.79. The number of allylic oxidation sites excluding steroid dienone is 1. The van der Waals surface area contributed by atoms with Crippen LogP contribution in [0.5, 0.6) is 0 Å². The van der Waals surface area contributed by atoms with Gasteiger partial charge >= 0.3 is 5.97 Å². The van der Waals surface area contributed by atoms with Crippen LogP contribution >= 0.6 is 0 Å². The zero-order valence-electron chi connectivity index (χ0n) is 9.32. The molecular weight excluding hydrogens is 192 g/mol. The van der Waals surface area contributed by atoms with E-state index in [4.69, 9.17) is 4.74 Å². The molecule has 0 amide bonds. The maximum atomic E-state index is 11.1. The summed E-state index contributed by atoms with van der Waals surface area (Å²) in [5, 5.41) is 9.18. The molecule has 1 rings (SSSR count). The van der Waals surface area contributed by atoms with Crippen molar-refractivity contribution in [3.05, 3.63) is 12.2 Å². The Labute approximate surface area is 91.1 Å². The highest BCUT2D eigenvalue weighted by Crippen LogP contribution is 2.30. The number of carbonyl (C=O) groups is 1. The maximum Gasteiger partial charge on any atom is 0.330 e. The predicted molar refractivity (Wildman–Crippen MR) is 58.3 cm³/mol. The van der Waals surface area contributed by atoms with Gasteiger partial charge in [-0.05, 0) is 31.6 Å². The van der Waals surface area contributed by atoms with Crippen molar-refractivity contribution < 1.29 is 14.6 Å². The lowest BCUT2D eigenvalue weighted by Crippen LogP contribution is -2.21. The van der Waals surface area contributed by atoms with Crippen LogP contribution in [0.4, 0.5) is 0 Å². The number of aliphatic hydroxyl groups is 1. The summed E-state index contributed by atoms with van der Waals surface area (Å²) in [6.07, 6.45) is 7.92. The molecule has 0 aliphatic heterocycles. The van der Waals surface area contributed by atoms with E-state index in [1.54, 1.807) is 6.92 Å². The van der Waals surface area contributed by atoms with Crippen molar-refractivity contribution in [3.8, 4) is 0 Å². The first kappa shape index (κ1) is 12.2. The molecule has 1 aliphatic carbocycles. The summed E-state index contributed by atoms with van der Waals surface area (Å²) in [6, 6.07) is 0. The minimum absolute atomic E-state index is 0.220.